The second-order valence-corrected chi connectivity index (χ2v) is 19.3. The lowest BCUT2D eigenvalue weighted by molar-refractivity contribution is 0.595. The molecule has 318 valence electrons. The number of aromatic nitrogens is 2. The third-order valence-electron chi connectivity index (χ3n) is 14.1. The van der Waals surface area contributed by atoms with Crippen LogP contribution in [0.5, 0.6) is 0 Å². The van der Waals surface area contributed by atoms with E-state index in [4.69, 9.17) is 17.7 Å². The highest BCUT2D eigenvalue weighted by Crippen LogP contribution is 2.43. The molecular formula is C60H32N2O5S. The van der Waals surface area contributed by atoms with Crippen LogP contribution in [0.3, 0.4) is 0 Å². The minimum absolute atomic E-state index is 0.673. The van der Waals surface area contributed by atoms with Crippen molar-refractivity contribution in [2.75, 3.05) is 0 Å². The fraction of sp³-hybridized carbons (Fsp3) is 0. The zero-order valence-electron chi connectivity index (χ0n) is 35.8. The van der Waals surface area contributed by atoms with Gasteiger partial charge in [-0.2, -0.15) is 0 Å². The van der Waals surface area contributed by atoms with Crippen LogP contribution < -0.4 is 0 Å². The summed E-state index contributed by atoms with van der Waals surface area (Å²) >= 11 is -1.50. The van der Waals surface area contributed by atoms with Gasteiger partial charge >= 0.3 is 0 Å². The summed E-state index contributed by atoms with van der Waals surface area (Å²) < 4.78 is 45.1. The van der Waals surface area contributed by atoms with Crippen molar-refractivity contribution in [3.63, 3.8) is 0 Å². The van der Waals surface area contributed by atoms with E-state index in [9.17, 15) is 4.55 Å². The molecule has 0 unspecified atom stereocenters. The molecule has 0 saturated carbocycles. The average Bonchev–Trinajstić information content (AvgIpc) is 4.23. The van der Waals surface area contributed by atoms with E-state index in [1.54, 1.807) is 0 Å². The third kappa shape index (κ3) is 4.97. The SMILES string of the molecule is [O-][S+](c1ccc2oc3cc4c(cc3c2c1)oc1ccc(-n2c3ccccc3c3ccccc32)cc14)c1ccc2oc3cc4c(cc3c2c1)oc1ccc(-n2c3ccccc3c3ccccc32)cc14. The van der Waals surface area contributed by atoms with Gasteiger partial charge < -0.3 is 31.4 Å². The zero-order valence-corrected chi connectivity index (χ0v) is 36.6. The second kappa shape index (κ2) is 13.2. The normalized spacial score (nSPS) is 12.6. The minimum atomic E-state index is -1.50. The molecule has 0 spiro atoms. The number of nitrogens with zero attached hydrogens (tertiary/aromatic N) is 2. The fourth-order valence-electron chi connectivity index (χ4n) is 11.1. The molecule has 0 amide bonds. The van der Waals surface area contributed by atoms with E-state index in [-0.39, 0.29) is 0 Å². The Morgan fingerprint density at radius 3 is 0.882 bits per heavy atom. The first-order valence-corrected chi connectivity index (χ1v) is 23.8. The van der Waals surface area contributed by atoms with Crippen LogP contribution in [0.2, 0.25) is 0 Å². The van der Waals surface area contributed by atoms with Crippen LogP contribution in [0.1, 0.15) is 0 Å². The van der Waals surface area contributed by atoms with E-state index in [2.05, 4.69) is 167 Å². The zero-order chi connectivity index (χ0) is 44.4. The van der Waals surface area contributed by atoms with Crippen LogP contribution in [0.4, 0.5) is 0 Å². The Hall–Kier alpha value is -8.69. The first-order valence-electron chi connectivity index (χ1n) is 22.6. The van der Waals surface area contributed by atoms with Crippen molar-refractivity contribution in [1.82, 2.24) is 9.13 Å². The van der Waals surface area contributed by atoms with Crippen LogP contribution in [0.25, 0.3) is 143 Å². The summed E-state index contributed by atoms with van der Waals surface area (Å²) in [4.78, 5) is 1.35. The van der Waals surface area contributed by atoms with Crippen molar-refractivity contribution < 1.29 is 22.2 Å². The maximum absolute atomic E-state index is 14.5. The van der Waals surface area contributed by atoms with Crippen LogP contribution in [0, 0.1) is 0 Å². The molecule has 6 heterocycles. The summed E-state index contributed by atoms with van der Waals surface area (Å²) in [5, 5.41) is 12.4. The van der Waals surface area contributed by atoms with Crippen LogP contribution >= 0.6 is 0 Å². The van der Waals surface area contributed by atoms with Crippen LogP contribution in [-0.2, 0) is 11.2 Å². The first-order chi connectivity index (χ1) is 33.6. The highest BCUT2D eigenvalue weighted by Gasteiger charge is 2.23. The van der Waals surface area contributed by atoms with Gasteiger partial charge in [-0.1, -0.05) is 72.8 Å². The lowest BCUT2D eigenvalue weighted by Gasteiger charge is -2.10. The van der Waals surface area contributed by atoms with E-state index in [0.717, 1.165) is 121 Å². The lowest BCUT2D eigenvalue weighted by Crippen LogP contribution is -2.01. The van der Waals surface area contributed by atoms with Crippen molar-refractivity contribution in [3.8, 4) is 11.4 Å². The van der Waals surface area contributed by atoms with Gasteiger partial charge in [0.1, 0.15) is 44.7 Å². The van der Waals surface area contributed by atoms with E-state index < -0.39 is 11.2 Å². The molecule has 8 heteroatoms. The molecule has 0 aliphatic carbocycles. The molecule has 0 aliphatic heterocycles. The Labute approximate surface area is 387 Å². The maximum atomic E-state index is 14.5. The Morgan fingerprint density at radius 1 is 0.265 bits per heavy atom. The maximum Gasteiger partial charge on any atom is 0.159 e. The average molecular weight is 893 g/mol. The van der Waals surface area contributed by atoms with Crippen molar-refractivity contribution in [1.29, 1.82) is 0 Å². The van der Waals surface area contributed by atoms with Gasteiger partial charge in [-0.25, -0.2) is 0 Å². The Balaban J connectivity index is 0.768. The molecule has 7 nitrogen and oxygen atoms in total. The lowest BCUT2D eigenvalue weighted by atomic mass is 10.1. The number of furan rings is 4. The monoisotopic (exact) mass is 892 g/mol. The molecule has 0 radical (unpaired) electrons. The van der Waals surface area contributed by atoms with Gasteiger partial charge in [0, 0.05) is 99.3 Å². The number of benzene rings is 10. The first kappa shape index (κ1) is 36.5. The molecule has 0 atom stereocenters. The van der Waals surface area contributed by atoms with Crippen molar-refractivity contribution >= 4 is 143 Å². The third-order valence-corrected chi connectivity index (χ3v) is 15.5. The molecule has 6 aromatic heterocycles. The molecule has 16 aromatic rings. The molecule has 0 saturated heterocycles. The standard InChI is InChI=1S/C60H32N2O5S/c63-68(35-19-23-55-43(27-35)47-31-57-45(29-59(47)66-55)41-25-33(17-21-53(41)64-57)61-49-13-5-1-9-37(49)38-10-2-6-14-50(38)61)36-20-24-56-44(28-36)48-32-58-46(30-60(48)67-56)42-26-34(18-22-54(42)65-58)62-51-15-7-3-11-39(51)40-12-4-8-16-52(40)62/h1-32H. The summed E-state index contributed by atoms with van der Waals surface area (Å²) in [5.74, 6) is 0. The van der Waals surface area contributed by atoms with Gasteiger partial charge in [0.15, 0.2) is 9.79 Å². The molecule has 10 aromatic carbocycles. The molecule has 0 bridgehead atoms. The minimum Gasteiger partial charge on any atom is -0.606 e. The topological polar surface area (TPSA) is 85.5 Å². The quantitative estimate of drug-likeness (QED) is 0.164. The van der Waals surface area contributed by atoms with Gasteiger partial charge in [-0.15, -0.1) is 0 Å². The van der Waals surface area contributed by atoms with Crippen LogP contribution in [0.15, 0.2) is 222 Å². The molecule has 0 N–H and O–H groups in total. The van der Waals surface area contributed by atoms with E-state index in [1.165, 1.54) is 21.5 Å². The Morgan fingerprint density at radius 2 is 0.544 bits per heavy atom. The van der Waals surface area contributed by atoms with Crippen molar-refractivity contribution in [2.45, 2.75) is 9.79 Å². The smallest absolute Gasteiger partial charge is 0.159 e. The molecular weight excluding hydrogens is 861 g/mol. The molecule has 16 rings (SSSR count). The summed E-state index contributed by atoms with van der Waals surface area (Å²) in [6, 6.07) is 66.7. The highest BCUT2D eigenvalue weighted by molar-refractivity contribution is 7.91. The summed E-state index contributed by atoms with van der Waals surface area (Å²) in [7, 11) is 0. The van der Waals surface area contributed by atoms with Gasteiger partial charge in [0.05, 0.1) is 22.1 Å². The second-order valence-electron chi connectivity index (χ2n) is 17.8. The van der Waals surface area contributed by atoms with E-state index in [0.29, 0.717) is 9.79 Å². The Kier molecular flexibility index (Phi) is 7.11. The van der Waals surface area contributed by atoms with Gasteiger partial charge in [0.2, 0.25) is 0 Å². The van der Waals surface area contributed by atoms with E-state index >= 15 is 0 Å². The van der Waals surface area contributed by atoms with Gasteiger partial charge in [-0.05, 0) is 109 Å². The van der Waals surface area contributed by atoms with Crippen molar-refractivity contribution in [3.05, 3.63) is 194 Å². The number of para-hydroxylation sites is 4. The molecule has 68 heavy (non-hydrogen) atoms. The number of rotatable bonds is 4. The van der Waals surface area contributed by atoms with Gasteiger partial charge in [-0.3, -0.25) is 0 Å². The largest absolute Gasteiger partial charge is 0.606 e. The van der Waals surface area contributed by atoms with Gasteiger partial charge in [0.25, 0.3) is 0 Å². The number of fused-ring (bicyclic) bond motifs is 18. The number of hydrogen-bond acceptors (Lipinski definition) is 5. The summed E-state index contributed by atoms with van der Waals surface area (Å²) in [6.07, 6.45) is 0. The Bertz CT molecular complexity index is 4430. The van der Waals surface area contributed by atoms with Crippen molar-refractivity contribution in [2.24, 2.45) is 0 Å². The summed E-state index contributed by atoms with van der Waals surface area (Å²) in [5.41, 5.74) is 12.8. The summed E-state index contributed by atoms with van der Waals surface area (Å²) in [6.45, 7) is 0. The number of hydrogen-bond donors (Lipinski definition) is 0. The van der Waals surface area contributed by atoms with Crippen LogP contribution in [-0.4, -0.2) is 13.7 Å². The molecule has 0 aliphatic rings. The highest BCUT2D eigenvalue weighted by atomic mass is 32.2. The van der Waals surface area contributed by atoms with E-state index in [1.807, 2.05) is 36.4 Å². The molecule has 0 fully saturated rings. The predicted octanol–water partition coefficient (Wildman–Crippen LogP) is 16.6. The predicted molar refractivity (Wildman–Crippen MR) is 275 cm³/mol. The fourth-order valence-corrected chi connectivity index (χ4v) is 12.2.